The molecule has 0 saturated carbocycles. The number of carbonyl (C=O) groups is 1. The highest BCUT2D eigenvalue weighted by Gasteiger charge is 2.35. The third-order valence-electron chi connectivity index (χ3n) is 3.40. The maximum Gasteiger partial charge on any atom is 0.326 e. The van der Waals surface area contributed by atoms with Crippen LogP contribution in [0.3, 0.4) is 0 Å². The van der Waals surface area contributed by atoms with E-state index in [1.54, 1.807) is 12.1 Å². The first-order valence-electron chi connectivity index (χ1n) is 6.11. The molecule has 1 N–H and O–H groups in total. The van der Waals surface area contributed by atoms with E-state index in [9.17, 15) is 20.0 Å². The van der Waals surface area contributed by atoms with Crippen molar-refractivity contribution >= 4 is 17.3 Å². The van der Waals surface area contributed by atoms with E-state index < -0.39 is 16.9 Å². The van der Waals surface area contributed by atoms with Gasteiger partial charge in [-0.3, -0.25) is 10.1 Å². The molecule has 1 atom stereocenters. The molecule has 1 aliphatic rings. The lowest BCUT2D eigenvalue weighted by Gasteiger charge is -2.23. The van der Waals surface area contributed by atoms with E-state index in [2.05, 4.69) is 0 Å². The van der Waals surface area contributed by atoms with Crippen molar-refractivity contribution in [2.24, 2.45) is 0 Å². The fraction of sp³-hybridized carbons (Fsp3) is 0.308. The molecule has 21 heavy (non-hydrogen) atoms. The Hall–Kier alpha value is -3.13. The van der Waals surface area contributed by atoms with Crippen LogP contribution in [0.4, 0.5) is 11.4 Å². The lowest BCUT2D eigenvalue weighted by Crippen LogP contribution is -2.36. The lowest BCUT2D eigenvalue weighted by atomic mass is 10.1. The first kappa shape index (κ1) is 14.3. The number of carboxylic acids is 1. The largest absolute Gasteiger partial charge is 0.480 e. The van der Waals surface area contributed by atoms with Crippen LogP contribution >= 0.6 is 0 Å². The van der Waals surface area contributed by atoms with Crippen molar-refractivity contribution in [1.29, 1.82) is 10.5 Å². The molecule has 0 unspecified atom stereocenters. The first-order valence-corrected chi connectivity index (χ1v) is 6.11. The van der Waals surface area contributed by atoms with Crippen LogP contribution in [0.25, 0.3) is 0 Å². The number of aliphatic carboxylic acids is 1. The van der Waals surface area contributed by atoms with Gasteiger partial charge < -0.3 is 10.0 Å². The summed E-state index contributed by atoms with van der Waals surface area (Å²) in [6.07, 6.45) is 0.977. The number of benzene rings is 1. The van der Waals surface area contributed by atoms with Crippen LogP contribution in [0.2, 0.25) is 0 Å². The molecule has 1 saturated heterocycles. The maximum atomic E-state index is 11.2. The second-order valence-corrected chi connectivity index (χ2v) is 4.56. The zero-order valence-electron chi connectivity index (χ0n) is 10.8. The summed E-state index contributed by atoms with van der Waals surface area (Å²) >= 11 is 0. The third kappa shape index (κ3) is 2.47. The summed E-state index contributed by atoms with van der Waals surface area (Å²) in [6, 6.07) is 4.91. The topological polar surface area (TPSA) is 131 Å². The fourth-order valence-electron chi connectivity index (χ4n) is 2.45. The standard InChI is InChI=1S/C13H10N4O4/c14-6-8-4-11(12(17(20)21)5-9(8)7-15)16-3-1-2-10(16)13(18)19/h4-5,10H,1-3H2,(H,18,19)/t10-/m0/s1. The van der Waals surface area contributed by atoms with Gasteiger partial charge in [-0.25, -0.2) is 4.79 Å². The summed E-state index contributed by atoms with van der Waals surface area (Å²) < 4.78 is 0. The molecule has 1 fully saturated rings. The van der Waals surface area contributed by atoms with E-state index in [0.29, 0.717) is 19.4 Å². The molecule has 8 heteroatoms. The molecule has 1 aromatic carbocycles. The van der Waals surface area contributed by atoms with Gasteiger partial charge in [-0.1, -0.05) is 0 Å². The van der Waals surface area contributed by atoms with E-state index in [4.69, 9.17) is 10.5 Å². The minimum atomic E-state index is -1.07. The van der Waals surface area contributed by atoms with Crippen LogP contribution in [0.5, 0.6) is 0 Å². The molecular formula is C13H10N4O4. The van der Waals surface area contributed by atoms with Gasteiger partial charge in [0.15, 0.2) is 0 Å². The van der Waals surface area contributed by atoms with Crippen molar-refractivity contribution in [2.45, 2.75) is 18.9 Å². The van der Waals surface area contributed by atoms with Gasteiger partial charge in [0.1, 0.15) is 23.9 Å². The Labute approximate surface area is 119 Å². The van der Waals surface area contributed by atoms with E-state index >= 15 is 0 Å². The van der Waals surface area contributed by atoms with E-state index in [1.165, 1.54) is 11.0 Å². The van der Waals surface area contributed by atoms with E-state index in [1.807, 2.05) is 0 Å². The molecule has 0 aromatic heterocycles. The Kier molecular flexibility index (Phi) is 3.72. The second kappa shape index (κ2) is 5.47. The van der Waals surface area contributed by atoms with Crippen LogP contribution in [0.1, 0.15) is 24.0 Å². The lowest BCUT2D eigenvalue weighted by molar-refractivity contribution is -0.384. The van der Waals surface area contributed by atoms with Crippen molar-refractivity contribution in [3.05, 3.63) is 33.4 Å². The minimum Gasteiger partial charge on any atom is -0.480 e. The highest BCUT2D eigenvalue weighted by atomic mass is 16.6. The molecule has 2 rings (SSSR count). The van der Waals surface area contributed by atoms with Gasteiger partial charge >= 0.3 is 5.97 Å². The summed E-state index contributed by atoms with van der Waals surface area (Å²) in [7, 11) is 0. The number of nitro benzene ring substituents is 1. The predicted molar refractivity (Wildman–Crippen MR) is 70.5 cm³/mol. The zero-order chi connectivity index (χ0) is 15.6. The SMILES string of the molecule is N#Cc1cc(N2CCC[C@H]2C(=O)O)c([N+](=O)[O-])cc1C#N. The van der Waals surface area contributed by atoms with E-state index in [-0.39, 0.29) is 22.5 Å². The van der Waals surface area contributed by atoms with Crippen molar-refractivity contribution in [3.63, 3.8) is 0 Å². The normalized spacial score (nSPS) is 17.0. The predicted octanol–water partition coefficient (Wildman–Crippen LogP) is 1.39. The van der Waals surface area contributed by atoms with Crippen molar-refractivity contribution in [3.8, 4) is 12.1 Å². The summed E-state index contributed by atoms with van der Waals surface area (Å²) in [5.74, 6) is -1.07. The molecule has 0 aliphatic carbocycles. The number of hydrogen-bond acceptors (Lipinski definition) is 6. The highest BCUT2D eigenvalue weighted by molar-refractivity contribution is 5.82. The number of carboxylic acid groups (broad SMARTS) is 1. The molecular weight excluding hydrogens is 276 g/mol. The summed E-state index contributed by atoms with van der Waals surface area (Å²) in [4.78, 5) is 23.1. The number of anilines is 1. The number of hydrogen-bond donors (Lipinski definition) is 1. The Balaban J connectivity index is 2.62. The summed E-state index contributed by atoms with van der Waals surface area (Å²) in [5, 5.41) is 38.3. The molecule has 1 aliphatic heterocycles. The Morgan fingerprint density at radius 1 is 1.38 bits per heavy atom. The number of nitro groups is 1. The van der Waals surface area contributed by atoms with Gasteiger partial charge in [0.25, 0.3) is 5.69 Å². The molecule has 0 radical (unpaired) electrons. The zero-order valence-corrected chi connectivity index (χ0v) is 10.8. The number of nitrogens with zero attached hydrogens (tertiary/aromatic N) is 4. The Morgan fingerprint density at radius 3 is 2.52 bits per heavy atom. The van der Waals surface area contributed by atoms with Crippen LogP contribution in [0, 0.1) is 32.8 Å². The van der Waals surface area contributed by atoms with Crippen LogP contribution in [-0.4, -0.2) is 28.6 Å². The van der Waals surface area contributed by atoms with Gasteiger partial charge in [0, 0.05) is 12.6 Å². The van der Waals surface area contributed by atoms with E-state index in [0.717, 1.165) is 6.07 Å². The van der Waals surface area contributed by atoms with Crippen molar-refractivity contribution in [2.75, 3.05) is 11.4 Å². The van der Waals surface area contributed by atoms with Crippen molar-refractivity contribution < 1.29 is 14.8 Å². The highest BCUT2D eigenvalue weighted by Crippen LogP contribution is 2.35. The Bertz CT molecular complexity index is 701. The van der Waals surface area contributed by atoms with Gasteiger partial charge in [0.2, 0.25) is 0 Å². The Morgan fingerprint density at radius 2 is 2.00 bits per heavy atom. The number of rotatable bonds is 3. The molecule has 0 bridgehead atoms. The van der Waals surface area contributed by atoms with Crippen molar-refractivity contribution in [1.82, 2.24) is 0 Å². The monoisotopic (exact) mass is 286 g/mol. The fourth-order valence-corrected chi connectivity index (χ4v) is 2.45. The third-order valence-corrected chi connectivity index (χ3v) is 3.40. The van der Waals surface area contributed by atoms with Crippen LogP contribution < -0.4 is 4.90 Å². The quantitative estimate of drug-likeness (QED) is 0.655. The molecule has 1 heterocycles. The minimum absolute atomic E-state index is 0.00543. The number of nitriles is 2. The summed E-state index contributed by atoms with van der Waals surface area (Å²) in [6.45, 7) is 0.356. The maximum absolute atomic E-state index is 11.2. The average molecular weight is 286 g/mol. The average Bonchev–Trinajstić information content (AvgIpc) is 2.95. The van der Waals surface area contributed by atoms with Gasteiger partial charge in [-0.15, -0.1) is 0 Å². The smallest absolute Gasteiger partial charge is 0.326 e. The molecule has 8 nitrogen and oxygen atoms in total. The van der Waals surface area contributed by atoms with Gasteiger partial charge in [-0.2, -0.15) is 10.5 Å². The molecule has 106 valence electrons. The van der Waals surface area contributed by atoms with Crippen LogP contribution in [-0.2, 0) is 4.79 Å². The van der Waals surface area contributed by atoms with Crippen LogP contribution in [0.15, 0.2) is 12.1 Å². The van der Waals surface area contributed by atoms with Gasteiger partial charge in [0.05, 0.1) is 16.1 Å². The first-order chi connectivity index (χ1) is 9.99. The molecule has 1 aromatic rings. The van der Waals surface area contributed by atoms with Gasteiger partial charge in [-0.05, 0) is 18.9 Å². The second-order valence-electron chi connectivity index (χ2n) is 4.56. The molecule has 0 spiro atoms. The summed E-state index contributed by atoms with van der Waals surface area (Å²) in [5.41, 5.74) is -0.396. The molecule has 0 amide bonds.